The summed E-state index contributed by atoms with van der Waals surface area (Å²) in [6, 6.07) is 0. The van der Waals surface area contributed by atoms with Crippen molar-refractivity contribution in [2.75, 3.05) is 39.3 Å². The molecule has 0 aromatic rings. The lowest BCUT2D eigenvalue weighted by Crippen LogP contribution is -2.42. The molecule has 1 aliphatic heterocycles. The average Bonchev–Trinajstić information content (AvgIpc) is 2.24. The first-order valence-electron chi connectivity index (χ1n) is 7.15. The second kappa shape index (κ2) is 7.34. The number of piperidine rings is 1. The van der Waals surface area contributed by atoms with Gasteiger partial charge in [0.25, 0.3) is 0 Å². The molecule has 0 saturated carbocycles. The van der Waals surface area contributed by atoms with E-state index in [0.29, 0.717) is 0 Å². The van der Waals surface area contributed by atoms with Gasteiger partial charge in [0, 0.05) is 31.7 Å². The van der Waals surface area contributed by atoms with Crippen LogP contribution in [-0.4, -0.2) is 49.7 Å². The minimum absolute atomic E-state index is 0.241. The summed E-state index contributed by atoms with van der Waals surface area (Å²) in [5.41, 5.74) is 0.241. The van der Waals surface area contributed by atoms with Gasteiger partial charge in [0.05, 0.1) is 0 Å². The van der Waals surface area contributed by atoms with Gasteiger partial charge in [0.15, 0.2) is 0 Å². The average molecular weight is 241 g/mol. The van der Waals surface area contributed by atoms with Crippen LogP contribution >= 0.6 is 0 Å². The standard InChI is InChI=1S/C14H31N3/c1-13-5-10-17(11-6-13)12-9-15-7-8-16-14(2,3)4/h13,15-16H,5-12H2,1-4H3. The highest BCUT2D eigenvalue weighted by Crippen LogP contribution is 2.14. The van der Waals surface area contributed by atoms with E-state index < -0.39 is 0 Å². The molecule has 17 heavy (non-hydrogen) atoms. The lowest BCUT2D eigenvalue weighted by atomic mass is 9.99. The minimum Gasteiger partial charge on any atom is -0.314 e. The summed E-state index contributed by atoms with van der Waals surface area (Å²) in [6.07, 6.45) is 2.76. The molecule has 3 heteroatoms. The van der Waals surface area contributed by atoms with E-state index in [2.05, 4.69) is 43.2 Å². The van der Waals surface area contributed by atoms with E-state index in [1.165, 1.54) is 32.5 Å². The number of nitrogens with one attached hydrogen (secondary N) is 2. The van der Waals surface area contributed by atoms with Gasteiger partial charge < -0.3 is 15.5 Å². The van der Waals surface area contributed by atoms with E-state index in [1.807, 2.05) is 0 Å². The van der Waals surface area contributed by atoms with Gasteiger partial charge in [-0.1, -0.05) is 6.92 Å². The van der Waals surface area contributed by atoms with Crippen LogP contribution in [0.15, 0.2) is 0 Å². The van der Waals surface area contributed by atoms with Crippen molar-refractivity contribution in [2.24, 2.45) is 5.92 Å². The van der Waals surface area contributed by atoms with Crippen molar-refractivity contribution in [3.63, 3.8) is 0 Å². The molecule has 3 nitrogen and oxygen atoms in total. The highest BCUT2D eigenvalue weighted by molar-refractivity contribution is 4.72. The molecule has 0 bridgehead atoms. The molecule has 0 aliphatic carbocycles. The normalized spacial score (nSPS) is 19.8. The Morgan fingerprint density at radius 1 is 1.06 bits per heavy atom. The molecule has 0 spiro atoms. The zero-order chi connectivity index (χ0) is 12.7. The predicted molar refractivity (Wildman–Crippen MR) is 75.5 cm³/mol. The summed E-state index contributed by atoms with van der Waals surface area (Å²) in [4.78, 5) is 2.59. The van der Waals surface area contributed by atoms with Crippen molar-refractivity contribution in [3.8, 4) is 0 Å². The van der Waals surface area contributed by atoms with E-state index in [9.17, 15) is 0 Å². The molecule has 0 aromatic carbocycles. The number of nitrogens with zero attached hydrogens (tertiary/aromatic N) is 1. The summed E-state index contributed by atoms with van der Waals surface area (Å²) in [5, 5.41) is 7.00. The van der Waals surface area contributed by atoms with Gasteiger partial charge in [-0.05, 0) is 52.6 Å². The Morgan fingerprint density at radius 3 is 2.29 bits per heavy atom. The van der Waals surface area contributed by atoms with Gasteiger partial charge in [0.2, 0.25) is 0 Å². The van der Waals surface area contributed by atoms with Gasteiger partial charge in [0.1, 0.15) is 0 Å². The molecule has 0 amide bonds. The third-order valence-corrected chi connectivity index (χ3v) is 3.44. The summed E-state index contributed by atoms with van der Waals surface area (Å²) in [5.74, 6) is 0.940. The molecule has 0 aromatic heterocycles. The van der Waals surface area contributed by atoms with E-state index in [-0.39, 0.29) is 5.54 Å². The largest absolute Gasteiger partial charge is 0.314 e. The fourth-order valence-electron chi connectivity index (χ4n) is 2.17. The Hall–Kier alpha value is -0.120. The van der Waals surface area contributed by atoms with E-state index in [4.69, 9.17) is 0 Å². The molecule has 1 aliphatic rings. The van der Waals surface area contributed by atoms with Gasteiger partial charge in [-0.3, -0.25) is 0 Å². The number of rotatable bonds is 6. The molecule has 2 N–H and O–H groups in total. The first-order chi connectivity index (χ1) is 7.97. The number of likely N-dealkylation sites (tertiary alicyclic amines) is 1. The van der Waals surface area contributed by atoms with Crippen LogP contribution in [0.4, 0.5) is 0 Å². The Labute approximate surface area is 107 Å². The van der Waals surface area contributed by atoms with Crippen molar-refractivity contribution in [3.05, 3.63) is 0 Å². The van der Waals surface area contributed by atoms with Crippen molar-refractivity contribution in [1.82, 2.24) is 15.5 Å². The Kier molecular flexibility index (Phi) is 6.45. The van der Waals surface area contributed by atoms with Crippen LogP contribution in [0.25, 0.3) is 0 Å². The van der Waals surface area contributed by atoms with Crippen LogP contribution in [0.3, 0.4) is 0 Å². The maximum absolute atomic E-state index is 3.51. The molecule has 1 rings (SSSR count). The van der Waals surface area contributed by atoms with Crippen LogP contribution in [0.5, 0.6) is 0 Å². The maximum atomic E-state index is 3.51. The minimum atomic E-state index is 0.241. The molecule has 0 unspecified atom stereocenters. The fraction of sp³-hybridized carbons (Fsp3) is 1.00. The van der Waals surface area contributed by atoms with Crippen LogP contribution in [0.2, 0.25) is 0 Å². The highest BCUT2D eigenvalue weighted by atomic mass is 15.1. The van der Waals surface area contributed by atoms with Crippen molar-refractivity contribution < 1.29 is 0 Å². The summed E-state index contributed by atoms with van der Waals surface area (Å²) in [7, 11) is 0. The first-order valence-corrected chi connectivity index (χ1v) is 7.15. The van der Waals surface area contributed by atoms with E-state index in [0.717, 1.165) is 25.6 Å². The van der Waals surface area contributed by atoms with Crippen LogP contribution < -0.4 is 10.6 Å². The summed E-state index contributed by atoms with van der Waals surface area (Å²) < 4.78 is 0. The van der Waals surface area contributed by atoms with Crippen LogP contribution in [0.1, 0.15) is 40.5 Å². The first kappa shape index (κ1) is 14.9. The number of hydrogen-bond acceptors (Lipinski definition) is 3. The zero-order valence-corrected chi connectivity index (χ0v) is 12.2. The molecular formula is C14H31N3. The highest BCUT2D eigenvalue weighted by Gasteiger charge is 2.14. The monoisotopic (exact) mass is 241 g/mol. The van der Waals surface area contributed by atoms with Crippen LogP contribution in [0, 0.1) is 5.92 Å². The third kappa shape index (κ3) is 7.74. The Morgan fingerprint density at radius 2 is 1.71 bits per heavy atom. The third-order valence-electron chi connectivity index (χ3n) is 3.44. The number of hydrogen-bond donors (Lipinski definition) is 2. The zero-order valence-electron chi connectivity index (χ0n) is 12.2. The van der Waals surface area contributed by atoms with Crippen molar-refractivity contribution in [2.45, 2.75) is 46.1 Å². The lowest BCUT2D eigenvalue weighted by molar-refractivity contribution is 0.193. The SMILES string of the molecule is CC1CCN(CCNCCNC(C)(C)C)CC1. The van der Waals surface area contributed by atoms with Gasteiger partial charge >= 0.3 is 0 Å². The molecule has 1 saturated heterocycles. The smallest absolute Gasteiger partial charge is 0.0107 e. The van der Waals surface area contributed by atoms with E-state index >= 15 is 0 Å². The van der Waals surface area contributed by atoms with Gasteiger partial charge in [-0.15, -0.1) is 0 Å². The molecule has 1 fully saturated rings. The van der Waals surface area contributed by atoms with Crippen LogP contribution in [-0.2, 0) is 0 Å². The van der Waals surface area contributed by atoms with Crippen molar-refractivity contribution >= 4 is 0 Å². The topological polar surface area (TPSA) is 27.3 Å². The molecular weight excluding hydrogens is 210 g/mol. The molecule has 102 valence electrons. The second-order valence-corrected chi connectivity index (χ2v) is 6.45. The second-order valence-electron chi connectivity index (χ2n) is 6.45. The molecule has 0 atom stereocenters. The van der Waals surface area contributed by atoms with Gasteiger partial charge in [-0.25, -0.2) is 0 Å². The Bertz CT molecular complexity index is 190. The summed E-state index contributed by atoms with van der Waals surface area (Å²) >= 11 is 0. The van der Waals surface area contributed by atoms with E-state index in [1.54, 1.807) is 0 Å². The molecule has 0 radical (unpaired) electrons. The van der Waals surface area contributed by atoms with Crippen molar-refractivity contribution in [1.29, 1.82) is 0 Å². The molecule has 1 heterocycles. The predicted octanol–water partition coefficient (Wildman–Crippen LogP) is 1.70. The summed E-state index contributed by atoms with van der Waals surface area (Å²) in [6.45, 7) is 16.1. The quantitative estimate of drug-likeness (QED) is 0.693. The lowest BCUT2D eigenvalue weighted by Gasteiger charge is -2.30. The Balaban J connectivity index is 1.91. The fourth-order valence-corrected chi connectivity index (χ4v) is 2.17. The maximum Gasteiger partial charge on any atom is 0.0107 e. The van der Waals surface area contributed by atoms with Gasteiger partial charge in [-0.2, -0.15) is 0 Å².